The van der Waals surface area contributed by atoms with E-state index in [0.29, 0.717) is 28.9 Å². The average molecular weight is 303 g/mol. The number of fused-ring (bicyclic) bond motifs is 2. The van der Waals surface area contributed by atoms with Gasteiger partial charge in [-0.2, -0.15) is 0 Å². The number of aromatic nitrogens is 3. The lowest BCUT2D eigenvalue weighted by Crippen LogP contribution is -1.97. The molecule has 1 aliphatic rings. The van der Waals surface area contributed by atoms with Crippen LogP contribution in [0, 0.1) is 0 Å². The summed E-state index contributed by atoms with van der Waals surface area (Å²) in [6.45, 7) is 0.795. The SMILES string of the molecule is Nc1ncnc2cn(Cc3ccc4c(c3Cl)OCO4)cc12. The summed E-state index contributed by atoms with van der Waals surface area (Å²) in [6.07, 6.45) is 5.27. The van der Waals surface area contributed by atoms with Gasteiger partial charge in [0.15, 0.2) is 11.5 Å². The summed E-state index contributed by atoms with van der Waals surface area (Å²) in [5.74, 6) is 1.75. The molecule has 6 nitrogen and oxygen atoms in total. The molecule has 0 bridgehead atoms. The summed E-state index contributed by atoms with van der Waals surface area (Å²) in [5, 5.41) is 1.40. The predicted molar refractivity (Wildman–Crippen MR) is 78.6 cm³/mol. The zero-order chi connectivity index (χ0) is 14.4. The number of rotatable bonds is 2. The number of hydrogen-bond donors (Lipinski definition) is 1. The first-order valence-corrected chi connectivity index (χ1v) is 6.73. The van der Waals surface area contributed by atoms with Crippen molar-refractivity contribution in [3.63, 3.8) is 0 Å². The zero-order valence-corrected chi connectivity index (χ0v) is 11.7. The average Bonchev–Trinajstić information content (AvgIpc) is 3.09. The van der Waals surface area contributed by atoms with Gasteiger partial charge in [0.2, 0.25) is 6.79 Å². The molecule has 4 rings (SSSR count). The first kappa shape index (κ1) is 12.3. The van der Waals surface area contributed by atoms with Crippen LogP contribution in [0.5, 0.6) is 11.5 Å². The molecule has 3 aromatic rings. The van der Waals surface area contributed by atoms with Gasteiger partial charge in [0.1, 0.15) is 12.1 Å². The first-order valence-electron chi connectivity index (χ1n) is 6.35. The Hall–Kier alpha value is -2.47. The number of benzene rings is 1. The Kier molecular flexibility index (Phi) is 2.65. The summed E-state index contributed by atoms with van der Waals surface area (Å²) < 4.78 is 12.7. The molecule has 0 aliphatic carbocycles. The van der Waals surface area contributed by atoms with E-state index in [1.807, 2.05) is 29.1 Å². The number of nitrogens with zero attached hydrogens (tertiary/aromatic N) is 3. The van der Waals surface area contributed by atoms with Crippen LogP contribution in [0.4, 0.5) is 5.82 Å². The number of ether oxygens (including phenoxy) is 2. The van der Waals surface area contributed by atoms with E-state index < -0.39 is 0 Å². The van der Waals surface area contributed by atoms with E-state index in [2.05, 4.69) is 9.97 Å². The molecular weight excluding hydrogens is 292 g/mol. The Morgan fingerprint density at radius 2 is 2.14 bits per heavy atom. The van der Waals surface area contributed by atoms with E-state index in [4.69, 9.17) is 26.8 Å². The van der Waals surface area contributed by atoms with Gasteiger partial charge >= 0.3 is 0 Å². The molecule has 0 atom stereocenters. The van der Waals surface area contributed by atoms with E-state index in [1.165, 1.54) is 6.33 Å². The van der Waals surface area contributed by atoms with Crippen molar-refractivity contribution < 1.29 is 9.47 Å². The second-order valence-corrected chi connectivity index (χ2v) is 5.14. The van der Waals surface area contributed by atoms with Gasteiger partial charge in [0.25, 0.3) is 0 Å². The normalized spacial score (nSPS) is 13.0. The molecular formula is C14H11ClN4O2. The highest BCUT2D eigenvalue weighted by Crippen LogP contribution is 2.41. The highest BCUT2D eigenvalue weighted by Gasteiger charge is 2.19. The summed E-state index contributed by atoms with van der Waals surface area (Å²) >= 11 is 6.36. The molecule has 106 valence electrons. The first-order chi connectivity index (χ1) is 10.2. The Labute approximate surface area is 125 Å². The van der Waals surface area contributed by atoms with Crippen molar-refractivity contribution in [1.82, 2.24) is 14.5 Å². The van der Waals surface area contributed by atoms with Gasteiger partial charge in [-0.25, -0.2) is 9.97 Å². The lowest BCUT2D eigenvalue weighted by atomic mass is 10.2. The van der Waals surface area contributed by atoms with E-state index in [9.17, 15) is 0 Å². The molecule has 1 aromatic carbocycles. The largest absolute Gasteiger partial charge is 0.454 e. The number of hydrogen-bond acceptors (Lipinski definition) is 5. The third-order valence-electron chi connectivity index (χ3n) is 3.44. The van der Waals surface area contributed by atoms with E-state index in [0.717, 1.165) is 16.5 Å². The van der Waals surface area contributed by atoms with Crippen LogP contribution < -0.4 is 15.2 Å². The molecule has 0 fully saturated rings. The molecule has 7 heteroatoms. The van der Waals surface area contributed by atoms with Gasteiger partial charge in [0.05, 0.1) is 15.9 Å². The topological polar surface area (TPSA) is 75.2 Å². The van der Waals surface area contributed by atoms with Crippen LogP contribution in [0.15, 0.2) is 30.9 Å². The molecule has 1 aliphatic heterocycles. The Balaban J connectivity index is 1.73. The molecule has 2 aromatic heterocycles. The third kappa shape index (κ3) is 1.95. The van der Waals surface area contributed by atoms with Crippen molar-refractivity contribution in [3.8, 4) is 11.5 Å². The molecule has 0 radical (unpaired) electrons. The maximum Gasteiger partial charge on any atom is 0.231 e. The van der Waals surface area contributed by atoms with Crippen LogP contribution in [0.25, 0.3) is 10.9 Å². The number of anilines is 1. The Morgan fingerprint density at radius 1 is 1.24 bits per heavy atom. The molecule has 2 N–H and O–H groups in total. The maximum atomic E-state index is 6.36. The third-order valence-corrected chi connectivity index (χ3v) is 3.85. The minimum Gasteiger partial charge on any atom is -0.454 e. The lowest BCUT2D eigenvalue weighted by Gasteiger charge is -2.07. The number of halogens is 1. The van der Waals surface area contributed by atoms with Crippen LogP contribution in [0.2, 0.25) is 5.02 Å². The van der Waals surface area contributed by atoms with Gasteiger partial charge in [-0.1, -0.05) is 17.7 Å². The van der Waals surface area contributed by atoms with Crippen LogP contribution in [0.1, 0.15) is 5.56 Å². The summed E-state index contributed by atoms with van der Waals surface area (Å²) in [5.41, 5.74) is 7.58. The van der Waals surface area contributed by atoms with Crippen LogP contribution >= 0.6 is 11.6 Å². The van der Waals surface area contributed by atoms with Gasteiger partial charge in [0, 0.05) is 18.9 Å². The van der Waals surface area contributed by atoms with Crippen molar-refractivity contribution in [2.75, 3.05) is 12.5 Å². The highest BCUT2D eigenvalue weighted by molar-refractivity contribution is 6.33. The molecule has 0 unspecified atom stereocenters. The van der Waals surface area contributed by atoms with Gasteiger partial charge in [-0.3, -0.25) is 0 Å². The second kappa shape index (κ2) is 4.53. The lowest BCUT2D eigenvalue weighted by molar-refractivity contribution is 0.174. The van der Waals surface area contributed by atoms with Gasteiger partial charge in [-0.15, -0.1) is 0 Å². The van der Waals surface area contributed by atoms with Crippen molar-refractivity contribution in [2.24, 2.45) is 0 Å². The van der Waals surface area contributed by atoms with Crippen LogP contribution in [-0.2, 0) is 6.54 Å². The Bertz CT molecular complexity index is 846. The molecule has 0 spiro atoms. The van der Waals surface area contributed by atoms with Crippen molar-refractivity contribution in [1.29, 1.82) is 0 Å². The van der Waals surface area contributed by atoms with E-state index in [1.54, 1.807) is 0 Å². The smallest absolute Gasteiger partial charge is 0.231 e. The Morgan fingerprint density at radius 3 is 3.00 bits per heavy atom. The fourth-order valence-corrected chi connectivity index (χ4v) is 2.68. The predicted octanol–water partition coefficient (Wildman–Crippen LogP) is 2.44. The van der Waals surface area contributed by atoms with Crippen molar-refractivity contribution in [3.05, 3.63) is 41.4 Å². The second-order valence-electron chi connectivity index (χ2n) is 4.76. The van der Waals surface area contributed by atoms with E-state index in [-0.39, 0.29) is 6.79 Å². The van der Waals surface area contributed by atoms with Gasteiger partial charge < -0.3 is 19.8 Å². The molecule has 0 saturated heterocycles. The maximum absolute atomic E-state index is 6.36. The van der Waals surface area contributed by atoms with Crippen molar-refractivity contribution >= 4 is 28.3 Å². The zero-order valence-electron chi connectivity index (χ0n) is 10.9. The molecule has 0 amide bonds. The number of nitrogens with two attached hydrogens (primary N) is 1. The molecule has 0 saturated carbocycles. The summed E-state index contributed by atoms with van der Waals surface area (Å²) in [7, 11) is 0. The summed E-state index contributed by atoms with van der Waals surface area (Å²) in [6, 6.07) is 3.79. The van der Waals surface area contributed by atoms with Crippen LogP contribution in [-0.4, -0.2) is 21.3 Å². The number of nitrogen functional groups attached to an aromatic ring is 1. The van der Waals surface area contributed by atoms with Gasteiger partial charge in [-0.05, 0) is 11.6 Å². The quantitative estimate of drug-likeness (QED) is 0.787. The van der Waals surface area contributed by atoms with Crippen LogP contribution in [0.3, 0.4) is 0 Å². The fourth-order valence-electron chi connectivity index (χ4n) is 2.41. The molecule has 3 heterocycles. The van der Waals surface area contributed by atoms with E-state index >= 15 is 0 Å². The highest BCUT2D eigenvalue weighted by atomic mass is 35.5. The standard InChI is InChI=1S/C14H11ClN4O2/c15-12-8(1-2-11-13(12)21-7-20-11)3-19-4-9-10(5-19)17-6-18-14(9)16/h1-2,4-6H,3,7H2,(H2,16,17,18). The van der Waals surface area contributed by atoms with Crippen molar-refractivity contribution in [2.45, 2.75) is 6.54 Å². The fraction of sp³-hybridized carbons (Fsp3) is 0.143. The molecule has 21 heavy (non-hydrogen) atoms. The summed E-state index contributed by atoms with van der Waals surface area (Å²) in [4.78, 5) is 8.18. The minimum atomic E-state index is 0.206. The monoisotopic (exact) mass is 302 g/mol. The minimum absolute atomic E-state index is 0.206.